The van der Waals surface area contributed by atoms with Gasteiger partial charge in [-0.2, -0.15) is 0 Å². The van der Waals surface area contributed by atoms with Crippen molar-refractivity contribution >= 4 is 78.0 Å². The molecule has 8 aromatic rings. The average molecular weight is 921 g/mol. The number of thiophene rings is 1. The van der Waals surface area contributed by atoms with E-state index in [0.29, 0.717) is 0 Å². The summed E-state index contributed by atoms with van der Waals surface area (Å²) in [6.07, 6.45) is 2.31. The number of hydrogen-bond donors (Lipinski definition) is 0. The summed E-state index contributed by atoms with van der Waals surface area (Å²) in [5, 5.41) is 1.34. The smallest absolute Gasteiger partial charge is 0.264 e. The zero-order valence-corrected chi connectivity index (χ0v) is 44.4. The predicted molar refractivity (Wildman–Crippen MR) is 303 cm³/mol. The first-order valence-electron chi connectivity index (χ1n) is 25.4. The van der Waals surface area contributed by atoms with Gasteiger partial charge in [0.1, 0.15) is 0 Å². The summed E-state index contributed by atoms with van der Waals surface area (Å²) in [6.45, 7) is 33.4. The van der Waals surface area contributed by atoms with Crippen LogP contribution in [0.2, 0.25) is 0 Å². The lowest BCUT2D eigenvalue weighted by Gasteiger charge is -2.47. The van der Waals surface area contributed by atoms with Crippen LogP contribution in [-0.2, 0) is 27.1 Å². The number of nitrogens with zero attached hydrogens (tertiary/aromatic N) is 2. The topological polar surface area (TPSA) is 6.48 Å². The summed E-state index contributed by atoms with van der Waals surface area (Å²) in [5.74, 6) is 0. The van der Waals surface area contributed by atoms with Crippen molar-refractivity contribution < 1.29 is 0 Å². The predicted octanol–water partition coefficient (Wildman–Crippen LogP) is 16.9. The molecular weight excluding hydrogens is 852 g/mol. The van der Waals surface area contributed by atoms with Crippen LogP contribution in [0.4, 0.5) is 34.1 Å². The highest BCUT2D eigenvalue weighted by Gasteiger charge is 2.48. The van der Waals surface area contributed by atoms with Crippen molar-refractivity contribution in [3.8, 4) is 22.3 Å². The third kappa shape index (κ3) is 7.42. The average Bonchev–Trinajstić information content (AvgIpc) is 3.68. The molecule has 0 atom stereocenters. The van der Waals surface area contributed by atoms with Gasteiger partial charge < -0.3 is 9.80 Å². The Kier molecular flexibility index (Phi) is 10.3. The van der Waals surface area contributed by atoms with Gasteiger partial charge in [-0.1, -0.05) is 175 Å². The standard InChI is InChI=1S/C65H69BN2S/c1-40-33-54-57-55(34-40)68(58-47(41-21-17-15-18-22-41)36-45(63(8,9)10)37-48(58)42-23-19-16-20-24-42)53-39-51-50(64(11,12)31-32-65(51,13)14)38-52(53)66(57)60-59(49-35-44(62(5,6)7)27-30-56(49)69-60)67(54)46-28-25-43(26-29-46)61(2,3)4/h15-30,33-39H,31-32H2,1-14H3. The zero-order valence-electron chi connectivity index (χ0n) is 43.6. The van der Waals surface area contributed by atoms with Gasteiger partial charge in [-0.15, -0.1) is 11.3 Å². The molecule has 0 N–H and O–H groups in total. The molecular formula is C65H69BN2S. The van der Waals surface area contributed by atoms with Crippen molar-refractivity contribution in [3.63, 3.8) is 0 Å². The molecule has 0 bridgehead atoms. The maximum atomic E-state index is 2.74. The van der Waals surface area contributed by atoms with Crippen molar-refractivity contribution in [1.82, 2.24) is 0 Å². The van der Waals surface area contributed by atoms with E-state index >= 15 is 0 Å². The van der Waals surface area contributed by atoms with Crippen LogP contribution in [0.5, 0.6) is 0 Å². The maximum Gasteiger partial charge on any atom is 0.264 e. The Balaban J connectivity index is 1.32. The molecule has 69 heavy (non-hydrogen) atoms. The monoisotopic (exact) mass is 921 g/mol. The Morgan fingerprint density at radius 3 is 1.54 bits per heavy atom. The fourth-order valence-electron chi connectivity index (χ4n) is 11.7. The van der Waals surface area contributed by atoms with E-state index in [4.69, 9.17) is 0 Å². The van der Waals surface area contributed by atoms with Crippen LogP contribution >= 0.6 is 11.3 Å². The fraction of sp³-hybridized carbons (Fsp3) is 0.323. The molecule has 0 spiro atoms. The van der Waals surface area contributed by atoms with Crippen molar-refractivity contribution in [2.75, 3.05) is 9.80 Å². The van der Waals surface area contributed by atoms with Gasteiger partial charge in [-0.3, -0.25) is 0 Å². The van der Waals surface area contributed by atoms with Crippen molar-refractivity contribution in [2.45, 2.75) is 137 Å². The Hall–Kier alpha value is -5.84. The van der Waals surface area contributed by atoms with Gasteiger partial charge in [-0.05, 0) is 157 Å². The maximum absolute atomic E-state index is 2.74. The summed E-state index contributed by atoms with van der Waals surface area (Å²) in [4.78, 5) is 5.40. The largest absolute Gasteiger partial charge is 0.310 e. The van der Waals surface area contributed by atoms with E-state index in [-0.39, 0.29) is 33.8 Å². The summed E-state index contributed by atoms with van der Waals surface area (Å²) >= 11 is 2.01. The van der Waals surface area contributed by atoms with Crippen LogP contribution < -0.4 is 25.5 Å². The first kappa shape index (κ1) is 45.6. The molecule has 0 saturated heterocycles. The molecule has 11 rings (SSSR count). The van der Waals surface area contributed by atoms with E-state index in [1.807, 2.05) is 11.3 Å². The molecule has 7 aromatic carbocycles. The highest BCUT2D eigenvalue weighted by atomic mass is 32.1. The van der Waals surface area contributed by atoms with Crippen LogP contribution in [0, 0.1) is 6.92 Å². The van der Waals surface area contributed by atoms with E-state index in [0.717, 1.165) is 12.8 Å². The molecule has 1 aliphatic carbocycles. The number of aryl methyl sites for hydroxylation is 1. The lowest BCUT2D eigenvalue weighted by atomic mass is 9.35. The molecule has 348 valence electrons. The van der Waals surface area contributed by atoms with Crippen molar-refractivity contribution in [1.29, 1.82) is 0 Å². The molecule has 4 heteroatoms. The summed E-state index contributed by atoms with van der Waals surface area (Å²) in [6, 6.07) is 54.6. The van der Waals surface area contributed by atoms with Crippen LogP contribution in [-0.4, -0.2) is 6.71 Å². The van der Waals surface area contributed by atoms with Gasteiger partial charge in [0.2, 0.25) is 0 Å². The van der Waals surface area contributed by atoms with Gasteiger partial charge in [0.15, 0.2) is 0 Å². The molecule has 0 saturated carbocycles. The molecule has 3 aliphatic rings. The molecule has 2 nitrogen and oxygen atoms in total. The van der Waals surface area contributed by atoms with Crippen LogP contribution in [0.1, 0.15) is 136 Å². The highest BCUT2D eigenvalue weighted by molar-refractivity contribution is 7.33. The second-order valence-corrected chi connectivity index (χ2v) is 26.1. The quantitative estimate of drug-likeness (QED) is 0.162. The second kappa shape index (κ2) is 15.6. The van der Waals surface area contributed by atoms with Gasteiger partial charge >= 0.3 is 0 Å². The molecule has 0 amide bonds. The molecule has 0 unspecified atom stereocenters. The molecule has 0 fully saturated rings. The van der Waals surface area contributed by atoms with Crippen molar-refractivity contribution in [3.05, 3.63) is 173 Å². The number of fused-ring (bicyclic) bond motifs is 7. The van der Waals surface area contributed by atoms with Gasteiger partial charge in [0, 0.05) is 48.7 Å². The van der Waals surface area contributed by atoms with Crippen LogP contribution in [0.3, 0.4) is 0 Å². The van der Waals surface area contributed by atoms with Gasteiger partial charge in [-0.25, -0.2) is 0 Å². The van der Waals surface area contributed by atoms with Crippen molar-refractivity contribution in [2.24, 2.45) is 0 Å². The summed E-state index contributed by atoms with van der Waals surface area (Å²) in [7, 11) is 0. The number of rotatable bonds is 4. The Morgan fingerprint density at radius 1 is 0.493 bits per heavy atom. The third-order valence-corrected chi connectivity index (χ3v) is 17.2. The molecule has 3 heterocycles. The number of anilines is 6. The molecule has 1 aromatic heterocycles. The summed E-state index contributed by atoms with van der Waals surface area (Å²) < 4.78 is 2.77. The Bertz CT molecular complexity index is 3270. The van der Waals surface area contributed by atoms with Gasteiger partial charge in [0.25, 0.3) is 6.71 Å². The minimum Gasteiger partial charge on any atom is -0.310 e. The third-order valence-electron chi connectivity index (χ3n) is 16.0. The van der Waals surface area contributed by atoms with Gasteiger partial charge in [0.05, 0.1) is 11.4 Å². The SMILES string of the molecule is Cc1cc2c3c(c1)N(c1ccc(C(C)(C)C)cc1)c1c(sc4ccc(C(C)(C)C)cc14)B3c1cc3c(cc1N2c1c(-c2ccccc2)cc(C(C)(C)C)cc1-c1ccccc1)C(C)(C)CCC3(C)C. The van der Waals surface area contributed by atoms with E-state index < -0.39 is 0 Å². The Labute approximate surface area is 417 Å². The minimum absolute atomic E-state index is 0.00335. The first-order valence-corrected chi connectivity index (χ1v) is 26.2. The van der Waals surface area contributed by atoms with Crippen LogP contribution in [0.15, 0.2) is 140 Å². The highest BCUT2D eigenvalue weighted by Crippen LogP contribution is 2.55. The zero-order chi connectivity index (χ0) is 48.7. The minimum atomic E-state index is -0.0822. The van der Waals surface area contributed by atoms with E-state index in [1.165, 1.54) is 116 Å². The fourth-order valence-corrected chi connectivity index (χ4v) is 13.0. The lowest BCUT2D eigenvalue weighted by molar-refractivity contribution is 0.332. The number of benzene rings is 7. The number of hydrogen-bond acceptors (Lipinski definition) is 3. The van der Waals surface area contributed by atoms with E-state index in [1.54, 1.807) is 0 Å². The Morgan fingerprint density at radius 2 is 1.00 bits per heavy atom. The molecule has 0 radical (unpaired) electrons. The van der Waals surface area contributed by atoms with Crippen LogP contribution in [0.25, 0.3) is 32.3 Å². The summed E-state index contributed by atoms with van der Waals surface area (Å²) in [5.41, 5.74) is 23.6. The van der Waals surface area contributed by atoms with E-state index in [2.05, 4.69) is 246 Å². The van der Waals surface area contributed by atoms with E-state index in [9.17, 15) is 0 Å². The first-order chi connectivity index (χ1) is 32.5. The lowest BCUT2D eigenvalue weighted by Crippen LogP contribution is -2.61. The molecule has 2 aliphatic heterocycles. The normalized spacial score (nSPS) is 16.0. The second-order valence-electron chi connectivity index (χ2n) is 25.0.